The average molecular weight is 352 g/mol. The number of carbonyl (C=O) groups is 1. The van der Waals surface area contributed by atoms with Crippen LogP contribution in [0.3, 0.4) is 0 Å². The molecular weight excluding hydrogens is 339 g/mol. The molecule has 2 aromatic carbocycles. The minimum Gasteiger partial charge on any atom is -0.340 e. The lowest BCUT2D eigenvalue weighted by atomic mass is 10.1. The van der Waals surface area contributed by atoms with E-state index in [-0.39, 0.29) is 17.8 Å². The van der Waals surface area contributed by atoms with Crippen LogP contribution < -0.4 is 0 Å². The number of para-hydroxylation sites is 1. The van der Waals surface area contributed by atoms with Crippen molar-refractivity contribution in [2.24, 2.45) is 0 Å². The number of carbonyl (C=O) groups excluding carboxylic acids is 1. The first-order chi connectivity index (χ1) is 11.3. The van der Waals surface area contributed by atoms with Crippen LogP contribution in [-0.4, -0.2) is 16.5 Å². The first kappa shape index (κ1) is 16.6. The molecule has 0 saturated carbocycles. The molecule has 1 heterocycles. The van der Waals surface area contributed by atoms with Crippen LogP contribution in [0.25, 0.3) is 10.9 Å². The predicted molar refractivity (Wildman–Crippen MR) is 87.6 cm³/mol. The molecule has 0 fully saturated rings. The molecule has 3 aromatic rings. The lowest BCUT2D eigenvalue weighted by molar-refractivity contribution is -0.0884. The van der Waals surface area contributed by atoms with Crippen molar-refractivity contribution in [3.63, 3.8) is 0 Å². The van der Waals surface area contributed by atoms with Gasteiger partial charge in [-0.2, -0.15) is 13.2 Å². The maximum atomic E-state index is 13.0. The van der Waals surface area contributed by atoms with E-state index in [1.165, 1.54) is 13.0 Å². The van der Waals surface area contributed by atoms with E-state index < -0.39 is 12.0 Å². The third-order valence-electron chi connectivity index (χ3n) is 4.00. The first-order valence-electron chi connectivity index (χ1n) is 7.23. The lowest BCUT2D eigenvalue weighted by Gasteiger charge is -2.11. The van der Waals surface area contributed by atoms with Gasteiger partial charge in [-0.1, -0.05) is 48.0 Å². The van der Waals surface area contributed by atoms with Crippen LogP contribution in [0.15, 0.2) is 48.5 Å². The number of hydrogen-bond donors (Lipinski definition) is 0. The van der Waals surface area contributed by atoms with E-state index in [1.54, 1.807) is 34.9 Å². The second-order valence-corrected chi connectivity index (χ2v) is 5.89. The number of fused-ring (bicyclic) bond motifs is 1. The van der Waals surface area contributed by atoms with E-state index in [0.717, 1.165) is 5.56 Å². The summed E-state index contributed by atoms with van der Waals surface area (Å²) in [6, 6.07) is 13.7. The number of aromatic nitrogens is 1. The second-order valence-electron chi connectivity index (χ2n) is 5.48. The highest BCUT2D eigenvalue weighted by Crippen LogP contribution is 2.32. The Labute approximate surface area is 141 Å². The fourth-order valence-corrected chi connectivity index (χ4v) is 3.06. The van der Waals surface area contributed by atoms with Gasteiger partial charge >= 0.3 is 6.18 Å². The van der Waals surface area contributed by atoms with Crippen molar-refractivity contribution in [1.29, 1.82) is 0 Å². The van der Waals surface area contributed by atoms with Gasteiger partial charge in [-0.25, -0.2) is 0 Å². The SMILES string of the molecule is Cc1c(C(=O)C(F)(F)F)c2ccccc2n1Cc1ccccc1Cl. The molecule has 0 spiro atoms. The van der Waals surface area contributed by atoms with Crippen LogP contribution in [0, 0.1) is 6.92 Å². The molecule has 0 aliphatic rings. The van der Waals surface area contributed by atoms with Gasteiger partial charge in [-0.05, 0) is 24.6 Å². The standard InChI is InChI=1S/C18H13ClF3NO/c1-11-16(17(24)18(20,21)22)13-7-3-5-9-15(13)23(11)10-12-6-2-4-8-14(12)19/h2-9H,10H2,1H3. The van der Waals surface area contributed by atoms with Crippen LogP contribution in [0.1, 0.15) is 21.6 Å². The van der Waals surface area contributed by atoms with Gasteiger partial charge in [0, 0.05) is 28.2 Å². The number of Topliss-reactive ketones (excluding diaryl/α,β-unsaturated/α-hetero) is 1. The Hall–Kier alpha value is -2.27. The maximum absolute atomic E-state index is 13.0. The Morgan fingerprint density at radius 1 is 1.08 bits per heavy atom. The lowest BCUT2D eigenvalue weighted by Crippen LogP contribution is -2.23. The van der Waals surface area contributed by atoms with Crippen molar-refractivity contribution in [3.05, 3.63) is 70.4 Å². The summed E-state index contributed by atoms with van der Waals surface area (Å²) < 4.78 is 40.6. The first-order valence-corrected chi connectivity index (χ1v) is 7.61. The quantitative estimate of drug-likeness (QED) is 0.579. The molecule has 0 atom stereocenters. The summed E-state index contributed by atoms with van der Waals surface area (Å²) in [5.41, 5.74) is 1.32. The minimum atomic E-state index is -4.91. The van der Waals surface area contributed by atoms with Crippen LogP contribution in [-0.2, 0) is 6.54 Å². The number of alkyl halides is 3. The summed E-state index contributed by atoms with van der Waals surface area (Å²) in [6.45, 7) is 1.81. The second kappa shape index (κ2) is 5.98. The van der Waals surface area contributed by atoms with Gasteiger partial charge in [-0.3, -0.25) is 4.79 Å². The van der Waals surface area contributed by atoms with Crippen LogP contribution in [0.4, 0.5) is 13.2 Å². The van der Waals surface area contributed by atoms with E-state index in [2.05, 4.69) is 0 Å². The molecule has 124 valence electrons. The van der Waals surface area contributed by atoms with Gasteiger partial charge in [0.1, 0.15) is 0 Å². The van der Waals surface area contributed by atoms with Gasteiger partial charge < -0.3 is 4.57 Å². The molecule has 1 aromatic heterocycles. The monoisotopic (exact) mass is 351 g/mol. The molecule has 0 aliphatic heterocycles. The highest BCUT2D eigenvalue weighted by Gasteiger charge is 2.42. The largest absolute Gasteiger partial charge is 0.454 e. The molecule has 3 rings (SSSR count). The number of halogens is 4. The summed E-state index contributed by atoms with van der Waals surface area (Å²) in [5.74, 6) is -1.82. The number of rotatable bonds is 3. The number of ketones is 1. The van der Waals surface area contributed by atoms with E-state index in [1.807, 2.05) is 12.1 Å². The molecule has 6 heteroatoms. The van der Waals surface area contributed by atoms with E-state index in [9.17, 15) is 18.0 Å². The van der Waals surface area contributed by atoms with Gasteiger partial charge in [0.05, 0.1) is 5.56 Å². The molecule has 0 bridgehead atoms. The molecule has 24 heavy (non-hydrogen) atoms. The smallest absolute Gasteiger partial charge is 0.340 e. The zero-order valence-electron chi connectivity index (χ0n) is 12.7. The number of nitrogens with zero attached hydrogens (tertiary/aromatic N) is 1. The van der Waals surface area contributed by atoms with Crippen molar-refractivity contribution < 1.29 is 18.0 Å². The third kappa shape index (κ3) is 2.80. The summed E-state index contributed by atoms with van der Waals surface area (Å²) in [6.07, 6.45) is -4.91. The highest BCUT2D eigenvalue weighted by molar-refractivity contribution is 6.31. The maximum Gasteiger partial charge on any atom is 0.454 e. The van der Waals surface area contributed by atoms with Gasteiger partial charge in [0.2, 0.25) is 0 Å². The van der Waals surface area contributed by atoms with E-state index in [4.69, 9.17) is 11.6 Å². The molecule has 0 radical (unpaired) electrons. The Bertz CT molecular complexity index is 928. The summed E-state index contributed by atoms with van der Waals surface area (Å²) in [4.78, 5) is 11.9. The van der Waals surface area contributed by atoms with Gasteiger partial charge in [0.15, 0.2) is 0 Å². The summed E-state index contributed by atoms with van der Waals surface area (Å²) in [5, 5.41) is 0.822. The fraction of sp³-hybridized carbons (Fsp3) is 0.167. The van der Waals surface area contributed by atoms with Gasteiger partial charge in [-0.15, -0.1) is 0 Å². The Morgan fingerprint density at radius 2 is 1.71 bits per heavy atom. The van der Waals surface area contributed by atoms with Crippen LogP contribution in [0.5, 0.6) is 0 Å². The molecule has 0 aliphatic carbocycles. The summed E-state index contributed by atoms with van der Waals surface area (Å²) in [7, 11) is 0. The van der Waals surface area contributed by atoms with Crippen molar-refractivity contribution in [2.75, 3.05) is 0 Å². The zero-order chi connectivity index (χ0) is 17.5. The van der Waals surface area contributed by atoms with Crippen molar-refractivity contribution in [2.45, 2.75) is 19.6 Å². The number of hydrogen-bond acceptors (Lipinski definition) is 1. The highest BCUT2D eigenvalue weighted by atomic mass is 35.5. The van der Waals surface area contributed by atoms with Crippen molar-refractivity contribution >= 4 is 28.3 Å². The molecule has 0 unspecified atom stereocenters. The van der Waals surface area contributed by atoms with E-state index >= 15 is 0 Å². The van der Waals surface area contributed by atoms with Crippen molar-refractivity contribution in [3.8, 4) is 0 Å². The fourth-order valence-electron chi connectivity index (χ4n) is 2.86. The topological polar surface area (TPSA) is 22.0 Å². The van der Waals surface area contributed by atoms with E-state index in [0.29, 0.717) is 15.9 Å². The summed E-state index contributed by atoms with van der Waals surface area (Å²) >= 11 is 6.16. The van der Waals surface area contributed by atoms with Crippen LogP contribution in [0.2, 0.25) is 5.02 Å². The molecule has 0 amide bonds. The third-order valence-corrected chi connectivity index (χ3v) is 4.37. The Morgan fingerprint density at radius 3 is 2.38 bits per heavy atom. The number of benzene rings is 2. The predicted octanol–water partition coefficient (Wildman–Crippen LogP) is 5.40. The van der Waals surface area contributed by atoms with Crippen molar-refractivity contribution in [1.82, 2.24) is 4.57 Å². The average Bonchev–Trinajstić information content (AvgIpc) is 2.80. The molecule has 2 nitrogen and oxygen atoms in total. The minimum absolute atomic E-state index is 0.276. The molecule has 0 saturated heterocycles. The Balaban J connectivity index is 2.21. The molecular formula is C18H13ClF3NO. The van der Waals surface area contributed by atoms with Crippen LogP contribution >= 0.6 is 11.6 Å². The zero-order valence-corrected chi connectivity index (χ0v) is 13.4. The Kier molecular flexibility index (Phi) is 4.13. The normalized spacial score (nSPS) is 11.9. The van der Waals surface area contributed by atoms with Gasteiger partial charge in [0.25, 0.3) is 5.78 Å². The molecule has 0 N–H and O–H groups in total.